The second kappa shape index (κ2) is 6.05. The van der Waals surface area contributed by atoms with Gasteiger partial charge in [-0.15, -0.1) is 0 Å². The molecule has 6 heteroatoms. The molecule has 0 spiro atoms. The summed E-state index contributed by atoms with van der Waals surface area (Å²) in [6, 6.07) is 6.97. The van der Waals surface area contributed by atoms with Gasteiger partial charge in [0.25, 0.3) is 5.56 Å². The van der Waals surface area contributed by atoms with Gasteiger partial charge in [0.1, 0.15) is 15.1 Å². The van der Waals surface area contributed by atoms with Crippen molar-refractivity contribution in [3.05, 3.63) is 54.5 Å². The van der Waals surface area contributed by atoms with Crippen molar-refractivity contribution in [2.45, 2.75) is 13.5 Å². The van der Waals surface area contributed by atoms with Crippen LogP contribution in [0.15, 0.2) is 29.1 Å². The molecule has 0 aliphatic rings. The first-order valence-electron chi connectivity index (χ1n) is 5.85. The standard InChI is InChI=1S/C14H13ClINO3/c1-8-5-11(18)13(16)14(19)17(8)7-9-3-4-12(20-2)10(15)6-9/h3-6,18H,7H2,1-2H3. The third kappa shape index (κ3) is 2.93. The van der Waals surface area contributed by atoms with Crippen LogP contribution in [0.2, 0.25) is 5.02 Å². The van der Waals surface area contributed by atoms with E-state index in [2.05, 4.69) is 0 Å². The van der Waals surface area contributed by atoms with Crippen LogP contribution < -0.4 is 10.3 Å². The smallest absolute Gasteiger partial charge is 0.268 e. The number of rotatable bonds is 3. The molecule has 0 unspecified atom stereocenters. The molecule has 1 N–H and O–H groups in total. The van der Waals surface area contributed by atoms with Gasteiger partial charge in [-0.25, -0.2) is 0 Å². The lowest BCUT2D eigenvalue weighted by Crippen LogP contribution is -2.24. The molecule has 20 heavy (non-hydrogen) atoms. The minimum Gasteiger partial charge on any atom is -0.507 e. The molecule has 0 amide bonds. The molecule has 106 valence electrons. The Kier molecular flexibility index (Phi) is 4.59. The van der Waals surface area contributed by atoms with Crippen LogP contribution in [0.5, 0.6) is 11.5 Å². The zero-order valence-electron chi connectivity index (χ0n) is 11.0. The van der Waals surface area contributed by atoms with Gasteiger partial charge >= 0.3 is 0 Å². The molecular weight excluding hydrogens is 393 g/mol. The number of hydrogen-bond donors (Lipinski definition) is 1. The Morgan fingerprint density at radius 3 is 2.70 bits per heavy atom. The normalized spacial score (nSPS) is 10.6. The lowest BCUT2D eigenvalue weighted by Gasteiger charge is -2.12. The molecule has 0 fully saturated rings. The molecule has 2 aromatic rings. The van der Waals surface area contributed by atoms with Gasteiger partial charge < -0.3 is 14.4 Å². The van der Waals surface area contributed by atoms with Crippen LogP contribution >= 0.6 is 34.2 Å². The minimum atomic E-state index is -0.213. The summed E-state index contributed by atoms with van der Waals surface area (Å²) in [4.78, 5) is 12.2. The van der Waals surface area contributed by atoms with Crippen LogP contribution in [0.1, 0.15) is 11.3 Å². The average molecular weight is 406 g/mol. The molecular formula is C14H13ClINO3. The lowest BCUT2D eigenvalue weighted by molar-refractivity contribution is 0.415. The topological polar surface area (TPSA) is 51.5 Å². The highest BCUT2D eigenvalue weighted by Gasteiger charge is 2.11. The van der Waals surface area contributed by atoms with E-state index in [-0.39, 0.29) is 11.3 Å². The highest BCUT2D eigenvalue weighted by atomic mass is 127. The highest BCUT2D eigenvalue weighted by molar-refractivity contribution is 14.1. The van der Waals surface area contributed by atoms with E-state index in [4.69, 9.17) is 16.3 Å². The number of benzene rings is 1. The van der Waals surface area contributed by atoms with Crippen LogP contribution in [-0.4, -0.2) is 16.8 Å². The van der Waals surface area contributed by atoms with Crippen LogP contribution in [-0.2, 0) is 6.54 Å². The predicted octanol–water partition coefficient (Wildman–Crippen LogP) is 3.18. The lowest BCUT2D eigenvalue weighted by atomic mass is 10.2. The summed E-state index contributed by atoms with van der Waals surface area (Å²) in [5.41, 5.74) is 1.37. The van der Waals surface area contributed by atoms with E-state index in [0.29, 0.717) is 26.6 Å². The zero-order valence-corrected chi connectivity index (χ0v) is 13.9. The summed E-state index contributed by atoms with van der Waals surface area (Å²) in [7, 11) is 1.55. The van der Waals surface area contributed by atoms with Gasteiger partial charge in [-0.05, 0) is 47.2 Å². The van der Waals surface area contributed by atoms with E-state index < -0.39 is 0 Å². The number of pyridine rings is 1. The molecule has 0 aliphatic carbocycles. The maximum Gasteiger partial charge on any atom is 0.268 e. The molecule has 0 aliphatic heterocycles. The van der Waals surface area contributed by atoms with E-state index in [9.17, 15) is 9.90 Å². The number of halogens is 2. The fourth-order valence-corrected chi connectivity index (χ4v) is 2.64. The van der Waals surface area contributed by atoms with E-state index in [1.165, 1.54) is 0 Å². The highest BCUT2D eigenvalue weighted by Crippen LogP contribution is 2.25. The Morgan fingerprint density at radius 2 is 2.10 bits per heavy atom. The van der Waals surface area contributed by atoms with Crippen molar-refractivity contribution in [3.63, 3.8) is 0 Å². The molecule has 0 radical (unpaired) electrons. The number of aromatic nitrogens is 1. The van der Waals surface area contributed by atoms with Crippen LogP contribution in [0.3, 0.4) is 0 Å². The molecule has 2 rings (SSSR count). The molecule has 0 saturated heterocycles. The summed E-state index contributed by atoms with van der Waals surface area (Å²) >= 11 is 7.92. The van der Waals surface area contributed by atoms with Crippen molar-refractivity contribution >= 4 is 34.2 Å². The van der Waals surface area contributed by atoms with Crippen molar-refractivity contribution in [1.82, 2.24) is 4.57 Å². The molecule has 0 bridgehead atoms. The second-order valence-corrected chi connectivity index (χ2v) is 5.83. The Bertz CT molecular complexity index is 712. The minimum absolute atomic E-state index is 0.0112. The van der Waals surface area contributed by atoms with Crippen LogP contribution in [0.4, 0.5) is 0 Å². The van der Waals surface area contributed by atoms with Crippen molar-refractivity contribution in [2.75, 3.05) is 7.11 Å². The molecule has 1 heterocycles. The summed E-state index contributed by atoms with van der Waals surface area (Å²) in [5, 5.41) is 10.1. The number of hydrogen-bond acceptors (Lipinski definition) is 3. The molecule has 0 atom stereocenters. The Morgan fingerprint density at radius 1 is 1.40 bits per heavy atom. The van der Waals surface area contributed by atoms with Gasteiger partial charge in [0.2, 0.25) is 0 Å². The number of ether oxygens (including phenoxy) is 1. The first kappa shape index (κ1) is 15.2. The van der Waals surface area contributed by atoms with E-state index in [1.807, 2.05) is 28.7 Å². The van der Waals surface area contributed by atoms with E-state index in [0.717, 1.165) is 5.56 Å². The second-order valence-electron chi connectivity index (χ2n) is 4.35. The predicted molar refractivity (Wildman–Crippen MR) is 86.9 cm³/mol. The summed E-state index contributed by atoms with van der Waals surface area (Å²) < 4.78 is 7.01. The van der Waals surface area contributed by atoms with Gasteiger partial charge in [0, 0.05) is 11.8 Å². The van der Waals surface area contributed by atoms with Gasteiger partial charge in [-0.3, -0.25) is 4.79 Å². The number of nitrogens with zero attached hydrogens (tertiary/aromatic N) is 1. The Hall–Kier alpha value is -1.21. The first-order valence-corrected chi connectivity index (χ1v) is 7.31. The third-order valence-corrected chi connectivity index (χ3v) is 4.30. The fraction of sp³-hybridized carbons (Fsp3) is 0.214. The Balaban J connectivity index is 2.43. The first-order chi connectivity index (χ1) is 9.43. The van der Waals surface area contributed by atoms with Crippen molar-refractivity contribution in [1.29, 1.82) is 0 Å². The maximum atomic E-state index is 12.2. The van der Waals surface area contributed by atoms with E-state index >= 15 is 0 Å². The SMILES string of the molecule is COc1ccc(Cn2c(C)cc(O)c(I)c2=O)cc1Cl. The van der Waals surface area contributed by atoms with Gasteiger partial charge in [-0.1, -0.05) is 17.7 Å². The molecule has 0 saturated carbocycles. The molecule has 4 nitrogen and oxygen atoms in total. The summed E-state index contributed by atoms with van der Waals surface area (Å²) in [6.07, 6.45) is 0. The molecule has 1 aromatic carbocycles. The maximum absolute atomic E-state index is 12.2. The van der Waals surface area contributed by atoms with Crippen molar-refractivity contribution < 1.29 is 9.84 Å². The summed E-state index contributed by atoms with van der Waals surface area (Å²) in [6.45, 7) is 2.17. The average Bonchev–Trinajstić information content (AvgIpc) is 2.41. The van der Waals surface area contributed by atoms with Crippen molar-refractivity contribution in [2.24, 2.45) is 0 Å². The molecule has 1 aromatic heterocycles. The van der Waals surface area contributed by atoms with Gasteiger partial charge in [0.15, 0.2) is 0 Å². The Labute approximate surface area is 135 Å². The van der Waals surface area contributed by atoms with Gasteiger partial charge in [0.05, 0.1) is 18.7 Å². The van der Waals surface area contributed by atoms with Crippen molar-refractivity contribution in [3.8, 4) is 11.5 Å². The number of methoxy groups -OCH3 is 1. The van der Waals surface area contributed by atoms with Crippen LogP contribution in [0.25, 0.3) is 0 Å². The van der Waals surface area contributed by atoms with Gasteiger partial charge in [-0.2, -0.15) is 0 Å². The summed E-state index contributed by atoms with van der Waals surface area (Å²) in [5.74, 6) is 0.608. The largest absolute Gasteiger partial charge is 0.507 e. The monoisotopic (exact) mass is 405 g/mol. The number of aryl methyl sites for hydroxylation is 1. The fourth-order valence-electron chi connectivity index (χ4n) is 1.91. The third-order valence-electron chi connectivity index (χ3n) is 2.99. The number of aromatic hydroxyl groups is 1. The van der Waals surface area contributed by atoms with E-state index in [1.54, 1.807) is 36.8 Å². The van der Waals surface area contributed by atoms with Crippen LogP contribution in [0, 0.1) is 10.5 Å². The quantitative estimate of drug-likeness (QED) is 0.798. The zero-order chi connectivity index (χ0) is 14.9.